The Labute approximate surface area is 186 Å². The summed E-state index contributed by atoms with van der Waals surface area (Å²) >= 11 is 0. The molecule has 5 rings (SSSR count). The molecule has 3 nitrogen and oxygen atoms in total. The number of ether oxygens (including phenoxy) is 1. The van der Waals surface area contributed by atoms with Crippen molar-refractivity contribution in [2.75, 3.05) is 7.11 Å². The van der Waals surface area contributed by atoms with Crippen molar-refractivity contribution in [3.05, 3.63) is 115 Å². The first-order valence-corrected chi connectivity index (χ1v) is 10.4. The summed E-state index contributed by atoms with van der Waals surface area (Å²) in [6.07, 6.45) is 0. The summed E-state index contributed by atoms with van der Waals surface area (Å²) in [5.74, 6) is 1.17. The van der Waals surface area contributed by atoms with Crippen LogP contribution in [0.25, 0.3) is 44.9 Å². The second-order valence-electron chi connectivity index (χ2n) is 7.51. The van der Waals surface area contributed by atoms with E-state index < -0.39 is 0 Å². The Kier molecular flexibility index (Phi) is 5.22. The van der Waals surface area contributed by atoms with Gasteiger partial charge in [0.05, 0.1) is 35.9 Å². The molecule has 3 aromatic rings. The minimum atomic E-state index is -0.348. The summed E-state index contributed by atoms with van der Waals surface area (Å²) in [7, 11) is 1.41. The first-order valence-electron chi connectivity index (χ1n) is 10.4. The van der Waals surface area contributed by atoms with E-state index in [1.165, 1.54) is 7.11 Å². The fourth-order valence-corrected chi connectivity index (χ4v) is 3.98. The van der Waals surface area contributed by atoms with Gasteiger partial charge in [0.1, 0.15) is 0 Å². The molecule has 0 atom stereocenters. The van der Waals surface area contributed by atoms with Gasteiger partial charge in [0.25, 0.3) is 0 Å². The summed E-state index contributed by atoms with van der Waals surface area (Å²) in [5.41, 5.74) is 6.31. The molecule has 1 aromatic heterocycles. The van der Waals surface area contributed by atoms with Gasteiger partial charge in [-0.3, -0.25) is 0 Å². The van der Waals surface area contributed by atoms with Gasteiger partial charge < -0.3 is 4.74 Å². The molecule has 0 spiro atoms. The number of benzene rings is 2. The normalized spacial score (nSPS) is 10.8. The molecule has 0 amide bonds. The first kappa shape index (κ1) is 19.7. The topological polar surface area (TPSA) is 37.6 Å². The highest BCUT2D eigenvalue weighted by Crippen LogP contribution is 2.41. The van der Waals surface area contributed by atoms with Gasteiger partial charge >= 0.3 is 17.5 Å². The van der Waals surface area contributed by atoms with Gasteiger partial charge in [-0.25, -0.2) is 9.21 Å². The van der Waals surface area contributed by atoms with E-state index in [2.05, 4.69) is 0 Å². The molecule has 32 heavy (non-hydrogen) atoms. The molecule has 0 fully saturated rings. The molecule has 2 aliphatic carbocycles. The van der Waals surface area contributed by atoms with E-state index >= 15 is 0 Å². The summed E-state index contributed by atoms with van der Waals surface area (Å²) in [5, 5.41) is 0. The van der Waals surface area contributed by atoms with E-state index in [-0.39, 0.29) is 5.97 Å². The van der Waals surface area contributed by atoms with Crippen molar-refractivity contribution in [3.8, 4) is 44.9 Å². The van der Waals surface area contributed by atoms with Gasteiger partial charge in [-0.2, -0.15) is 0 Å². The second-order valence-corrected chi connectivity index (χ2v) is 7.51. The number of methoxy groups -OCH3 is 1. The molecule has 2 aromatic carbocycles. The number of carbonyl (C=O) groups is 1. The molecule has 0 N–H and O–H groups in total. The van der Waals surface area contributed by atoms with Crippen molar-refractivity contribution in [1.29, 1.82) is 0 Å². The maximum atomic E-state index is 12.5. The monoisotopic (exact) mass is 417 g/mol. The lowest BCUT2D eigenvalue weighted by molar-refractivity contribution is 0.0602. The fraction of sp³-hybridized carbons (Fsp3) is 0.0345. The molecule has 0 aliphatic heterocycles. The zero-order valence-electron chi connectivity index (χ0n) is 17.6. The minimum Gasteiger partial charge on any atom is -0.465 e. The SMILES string of the molecule is COC(=O)c1cc(-c2cc(-c3ccccc3)[o+]c(-c3ccccc3)c2)c2cccccc1-2. The van der Waals surface area contributed by atoms with Crippen LogP contribution >= 0.6 is 0 Å². The van der Waals surface area contributed by atoms with Crippen LogP contribution in [0.1, 0.15) is 10.4 Å². The Bertz CT molecular complexity index is 1300. The van der Waals surface area contributed by atoms with Crippen molar-refractivity contribution < 1.29 is 13.9 Å². The Morgan fingerprint density at radius 3 is 1.62 bits per heavy atom. The van der Waals surface area contributed by atoms with Gasteiger partial charge in [0.2, 0.25) is 0 Å². The molecule has 0 bridgehead atoms. The smallest absolute Gasteiger partial charge is 0.361 e. The van der Waals surface area contributed by atoms with Gasteiger partial charge in [-0.05, 0) is 47.0 Å². The van der Waals surface area contributed by atoms with E-state index in [1.807, 2.05) is 109 Å². The average molecular weight is 417 g/mol. The number of hydrogen-bond donors (Lipinski definition) is 0. The van der Waals surface area contributed by atoms with Gasteiger partial charge in [0.15, 0.2) is 0 Å². The molecule has 1 heterocycles. The molecule has 3 heteroatoms. The Morgan fingerprint density at radius 2 is 1.09 bits per heavy atom. The van der Waals surface area contributed by atoms with E-state index in [0.717, 1.165) is 44.9 Å². The van der Waals surface area contributed by atoms with Crippen molar-refractivity contribution >= 4 is 5.97 Å². The van der Waals surface area contributed by atoms with Crippen LogP contribution in [0.3, 0.4) is 0 Å². The maximum absolute atomic E-state index is 12.5. The van der Waals surface area contributed by atoms with Crippen molar-refractivity contribution in [2.45, 2.75) is 0 Å². The molecule has 0 unspecified atom stereocenters. The largest absolute Gasteiger partial charge is 0.465 e. The second kappa shape index (κ2) is 8.48. The van der Waals surface area contributed by atoms with Crippen LogP contribution in [0.2, 0.25) is 0 Å². The van der Waals surface area contributed by atoms with Crippen LogP contribution < -0.4 is 0 Å². The Hall–Kier alpha value is -4.24. The lowest BCUT2D eigenvalue weighted by Crippen LogP contribution is -1.99. The first-order chi connectivity index (χ1) is 15.7. The maximum Gasteiger partial charge on any atom is 0.361 e. The summed E-state index contributed by atoms with van der Waals surface area (Å²) in [4.78, 5) is 12.5. The predicted octanol–water partition coefficient (Wildman–Crippen LogP) is 7.45. The summed E-state index contributed by atoms with van der Waals surface area (Å²) in [6.45, 7) is 0. The van der Waals surface area contributed by atoms with Crippen LogP contribution in [0.4, 0.5) is 0 Å². The van der Waals surface area contributed by atoms with Crippen LogP contribution in [0.15, 0.2) is 114 Å². The van der Waals surface area contributed by atoms with Crippen molar-refractivity contribution in [1.82, 2.24) is 0 Å². The molecular weight excluding hydrogens is 396 g/mol. The zero-order chi connectivity index (χ0) is 21.9. The summed E-state index contributed by atoms with van der Waals surface area (Å²) in [6, 6.07) is 35.9. The molecule has 0 saturated heterocycles. The molecule has 0 saturated carbocycles. The lowest BCUT2D eigenvalue weighted by atomic mass is 9.99. The zero-order valence-corrected chi connectivity index (χ0v) is 17.6. The number of carbonyl (C=O) groups excluding carboxylic acids is 1. The van der Waals surface area contributed by atoms with E-state index in [4.69, 9.17) is 9.15 Å². The molecular formula is C29H21O3+. The van der Waals surface area contributed by atoms with Gasteiger partial charge in [-0.15, -0.1) is 0 Å². The number of rotatable bonds is 4. The third kappa shape index (κ3) is 3.65. The Balaban J connectivity index is 1.77. The number of hydrogen-bond acceptors (Lipinski definition) is 2. The predicted molar refractivity (Wildman–Crippen MR) is 127 cm³/mol. The van der Waals surface area contributed by atoms with E-state index in [9.17, 15) is 4.79 Å². The van der Waals surface area contributed by atoms with Gasteiger partial charge in [0, 0.05) is 5.56 Å². The number of esters is 1. The standard InChI is InChI=1S/C29H21O3/c1-31-29(30)26-19-25(23-15-9-4-10-16-24(23)26)22-17-27(20-11-5-2-6-12-20)32-28(18-22)21-13-7-3-8-14-21/h2-19H,1H3/q+1. The Morgan fingerprint density at radius 1 is 0.594 bits per heavy atom. The fourth-order valence-electron chi connectivity index (χ4n) is 3.98. The highest BCUT2D eigenvalue weighted by molar-refractivity contribution is 6.04. The lowest BCUT2D eigenvalue weighted by Gasteiger charge is -2.03. The molecule has 154 valence electrons. The average Bonchev–Trinajstić information content (AvgIpc) is 3.05. The third-order valence-corrected chi connectivity index (χ3v) is 5.53. The van der Waals surface area contributed by atoms with Crippen molar-refractivity contribution in [2.24, 2.45) is 0 Å². The quantitative estimate of drug-likeness (QED) is 0.225. The third-order valence-electron chi connectivity index (χ3n) is 5.53. The van der Waals surface area contributed by atoms with Crippen LogP contribution in [0, 0.1) is 0 Å². The van der Waals surface area contributed by atoms with Crippen LogP contribution in [-0.2, 0) is 4.74 Å². The van der Waals surface area contributed by atoms with Crippen molar-refractivity contribution in [3.63, 3.8) is 0 Å². The minimum absolute atomic E-state index is 0.348. The van der Waals surface area contributed by atoms with Crippen LogP contribution in [-0.4, -0.2) is 13.1 Å². The van der Waals surface area contributed by atoms with E-state index in [1.54, 1.807) is 0 Å². The number of fused-ring (bicyclic) bond motifs is 1. The summed E-state index contributed by atoms with van der Waals surface area (Å²) < 4.78 is 11.4. The highest BCUT2D eigenvalue weighted by Gasteiger charge is 2.25. The molecule has 0 radical (unpaired) electrons. The highest BCUT2D eigenvalue weighted by atomic mass is 16.5. The van der Waals surface area contributed by atoms with Gasteiger partial charge in [-0.1, -0.05) is 66.7 Å². The van der Waals surface area contributed by atoms with E-state index in [0.29, 0.717) is 5.56 Å². The molecule has 2 aliphatic rings. The van der Waals surface area contributed by atoms with Crippen LogP contribution in [0.5, 0.6) is 0 Å².